The lowest BCUT2D eigenvalue weighted by molar-refractivity contribution is 0.349. The predicted molar refractivity (Wildman–Crippen MR) is 66.8 cm³/mol. The van der Waals surface area contributed by atoms with E-state index in [9.17, 15) is 4.39 Å². The van der Waals surface area contributed by atoms with Gasteiger partial charge in [0.15, 0.2) is 0 Å². The first-order chi connectivity index (χ1) is 7.29. The van der Waals surface area contributed by atoms with Crippen LogP contribution in [0.1, 0.15) is 50.8 Å². The third kappa shape index (κ3) is 3.93. The Kier molecular flexibility index (Phi) is 4.09. The highest BCUT2D eigenvalue weighted by Crippen LogP contribution is 2.27. The normalized spacial score (nSPS) is 13.9. The Hall–Kier alpha value is -0.890. The summed E-state index contributed by atoms with van der Waals surface area (Å²) in [4.78, 5) is 0. The highest BCUT2D eigenvalue weighted by atomic mass is 19.1. The lowest BCUT2D eigenvalue weighted by Crippen LogP contribution is -2.15. The quantitative estimate of drug-likeness (QED) is 0.824. The number of aryl methyl sites for hydroxylation is 1. The maximum Gasteiger partial charge on any atom is 0.123 e. The Bertz CT molecular complexity index is 352. The van der Waals surface area contributed by atoms with Crippen molar-refractivity contribution in [1.82, 2.24) is 0 Å². The Morgan fingerprint density at radius 3 is 2.50 bits per heavy atom. The summed E-state index contributed by atoms with van der Waals surface area (Å²) in [6.45, 7) is 8.56. The van der Waals surface area contributed by atoms with E-state index in [0.29, 0.717) is 0 Å². The van der Waals surface area contributed by atoms with Gasteiger partial charge in [-0.05, 0) is 48.4 Å². The third-order valence-corrected chi connectivity index (χ3v) is 2.85. The fraction of sp³-hybridized carbons (Fsp3) is 0.571. The zero-order valence-electron chi connectivity index (χ0n) is 10.7. The van der Waals surface area contributed by atoms with Gasteiger partial charge >= 0.3 is 0 Å². The Morgan fingerprint density at radius 2 is 1.94 bits per heavy atom. The van der Waals surface area contributed by atoms with Crippen LogP contribution in [0.15, 0.2) is 18.2 Å². The zero-order valence-corrected chi connectivity index (χ0v) is 10.7. The van der Waals surface area contributed by atoms with Crippen LogP contribution < -0.4 is 5.73 Å². The summed E-state index contributed by atoms with van der Waals surface area (Å²) in [6.07, 6.45) is 1.94. The molecule has 1 aromatic rings. The highest BCUT2D eigenvalue weighted by molar-refractivity contribution is 5.29. The van der Waals surface area contributed by atoms with Crippen LogP contribution in [0.2, 0.25) is 0 Å². The molecule has 0 aliphatic heterocycles. The summed E-state index contributed by atoms with van der Waals surface area (Å²) in [5.41, 5.74) is 8.39. The fourth-order valence-corrected chi connectivity index (χ4v) is 1.75. The molecule has 0 saturated carbocycles. The standard InChI is InChI=1S/C14H22FN/c1-10-5-6-11(15)9-12(10)13(16)7-8-14(2,3)4/h5-6,9,13H,7-8,16H2,1-4H3. The maximum absolute atomic E-state index is 13.1. The van der Waals surface area contributed by atoms with Crippen LogP contribution in [0.25, 0.3) is 0 Å². The molecule has 1 atom stereocenters. The fourth-order valence-electron chi connectivity index (χ4n) is 1.75. The van der Waals surface area contributed by atoms with Gasteiger partial charge in [-0.25, -0.2) is 4.39 Å². The molecular formula is C14H22FN. The topological polar surface area (TPSA) is 26.0 Å². The number of rotatable bonds is 3. The molecule has 0 saturated heterocycles. The van der Waals surface area contributed by atoms with Crippen LogP contribution in [-0.2, 0) is 0 Å². The highest BCUT2D eigenvalue weighted by Gasteiger charge is 2.15. The number of benzene rings is 1. The van der Waals surface area contributed by atoms with Gasteiger partial charge in [-0.15, -0.1) is 0 Å². The van der Waals surface area contributed by atoms with Crippen molar-refractivity contribution in [2.45, 2.75) is 46.6 Å². The molecule has 0 bridgehead atoms. The summed E-state index contributed by atoms with van der Waals surface area (Å²) in [5, 5.41) is 0. The first kappa shape index (κ1) is 13.2. The summed E-state index contributed by atoms with van der Waals surface area (Å²) in [6, 6.07) is 4.77. The molecule has 1 rings (SSSR count). The van der Waals surface area contributed by atoms with Crippen LogP contribution >= 0.6 is 0 Å². The molecule has 2 heteroatoms. The molecule has 1 unspecified atom stereocenters. The Balaban J connectivity index is 2.73. The van der Waals surface area contributed by atoms with Crippen LogP contribution in [0.5, 0.6) is 0 Å². The van der Waals surface area contributed by atoms with Gasteiger partial charge in [-0.2, -0.15) is 0 Å². The van der Waals surface area contributed by atoms with Crippen molar-refractivity contribution < 1.29 is 4.39 Å². The summed E-state index contributed by atoms with van der Waals surface area (Å²) in [7, 11) is 0. The van der Waals surface area contributed by atoms with E-state index in [1.54, 1.807) is 12.1 Å². The minimum Gasteiger partial charge on any atom is -0.324 e. The number of nitrogens with two attached hydrogens (primary N) is 1. The minimum atomic E-state index is -0.202. The van der Waals surface area contributed by atoms with Gasteiger partial charge in [-0.3, -0.25) is 0 Å². The van der Waals surface area contributed by atoms with Crippen molar-refractivity contribution in [3.8, 4) is 0 Å². The van der Waals surface area contributed by atoms with E-state index in [2.05, 4.69) is 20.8 Å². The van der Waals surface area contributed by atoms with Crippen LogP contribution in [0.4, 0.5) is 4.39 Å². The Labute approximate surface area is 97.9 Å². The van der Waals surface area contributed by atoms with E-state index in [1.165, 1.54) is 6.07 Å². The average Bonchev–Trinajstić information content (AvgIpc) is 2.17. The Morgan fingerprint density at radius 1 is 1.31 bits per heavy atom. The van der Waals surface area contributed by atoms with Gasteiger partial charge in [0.1, 0.15) is 5.82 Å². The van der Waals surface area contributed by atoms with E-state index in [-0.39, 0.29) is 17.3 Å². The second kappa shape index (κ2) is 4.96. The number of hydrogen-bond acceptors (Lipinski definition) is 1. The second-order valence-electron chi connectivity index (χ2n) is 5.71. The van der Waals surface area contributed by atoms with E-state index < -0.39 is 0 Å². The van der Waals surface area contributed by atoms with Gasteiger partial charge in [0.05, 0.1) is 0 Å². The lowest BCUT2D eigenvalue weighted by atomic mass is 9.86. The van der Waals surface area contributed by atoms with E-state index in [1.807, 2.05) is 6.92 Å². The van der Waals surface area contributed by atoms with Crippen molar-refractivity contribution >= 4 is 0 Å². The first-order valence-electron chi connectivity index (χ1n) is 5.81. The largest absolute Gasteiger partial charge is 0.324 e. The number of halogens is 1. The van der Waals surface area contributed by atoms with Crippen molar-refractivity contribution in [2.75, 3.05) is 0 Å². The SMILES string of the molecule is Cc1ccc(F)cc1C(N)CCC(C)(C)C. The molecular weight excluding hydrogens is 201 g/mol. The molecule has 1 nitrogen and oxygen atoms in total. The van der Waals surface area contributed by atoms with Crippen LogP contribution in [0.3, 0.4) is 0 Å². The molecule has 0 aliphatic carbocycles. The first-order valence-corrected chi connectivity index (χ1v) is 5.81. The summed E-state index contributed by atoms with van der Waals surface area (Å²) < 4.78 is 13.1. The predicted octanol–water partition coefficient (Wildman–Crippen LogP) is 3.96. The second-order valence-corrected chi connectivity index (χ2v) is 5.71. The van der Waals surface area contributed by atoms with Crippen molar-refractivity contribution in [1.29, 1.82) is 0 Å². The minimum absolute atomic E-state index is 0.0603. The van der Waals surface area contributed by atoms with E-state index in [4.69, 9.17) is 5.73 Å². The molecule has 0 amide bonds. The molecule has 1 aromatic carbocycles. The molecule has 0 radical (unpaired) electrons. The zero-order chi connectivity index (χ0) is 12.3. The molecule has 16 heavy (non-hydrogen) atoms. The van der Waals surface area contributed by atoms with Gasteiger partial charge in [-0.1, -0.05) is 26.8 Å². The van der Waals surface area contributed by atoms with E-state index >= 15 is 0 Å². The van der Waals surface area contributed by atoms with E-state index in [0.717, 1.165) is 24.0 Å². The molecule has 90 valence electrons. The molecule has 0 aromatic heterocycles. The lowest BCUT2D eigenvalue weighted by Gasteiger charge is -2.22. The molecule has 0 heterocycles. The van der Waals surface area contributed by atoms with Crippen molar-refractivity contribution in [2.24, 2.45) is 11.1 Å². The van der Waals surface area contributed by atoms with Crippen LogP contribution in [-0.4, -0.2) is 0 Å². The maximum atomic E-state index is 13.1. The summed E-state index contributed by atoms with van der Waals surface area (Å²) in [5.74, 6) is -0.202. The van der Waals surface area contributed by atoms with Crippen molar-refractivity contribution in [3.63, 3.8) is 0 Å². The van der Waals surface area contributed by atoms with Crippen LogP contribution in [0, 0.1) is 18.2 Å². The molecule has 2 N–H and O–H groups in total. The molecule has 0 spiro atoms. The monoisotopic (exact) mass is 223 g/mol. The van der Waals surface area contributed by atoms with Crippen molar-refractivity contribution in [3.05, 3.63) is 35.1 Å². The van der Waals surface area contributed by atoms with Gasteiger partial charge in [0.25, 0.3) is 0 Å². The van der Waals surface area contributed by atoms with Gasteiger partial charge in [0, 0.05) is 6.04 Å². The third-order valence-electron chi connectivity index (χ3n) is 2.85. The van der Waals surface area contributed by atoms with Gasteiger partial charge in [0.2, 0.25) is 0 Å². The average molecular weight is 223 g/mol. The van der Waals surface area contributed by atoms with Gasteiger partial charge < -0.3 is 5.73 Å². The molecule has 0 aliphatic rings. The smallest absolute Gasteiger partial charge is 0.123 e. The summed E-state index contributed by atoms with van der Waals surface area (Å²) >= 11 is 0. The molecule has 0 fully saturated rings. The number of hydrogen-bond donors (Lipinski definition) is 1.